The molecule has 0 amide bonds. The number of hydrogen-bond donors (Lipinski definition) is 1. The number of aromatic nitrogens is 2. The van der Waals surface area contributed by atoms with E-state index in [9.17, 15) is 0 Å². The molecule has 1 aliphatic carbocycles. The summed E-state index contributed by atoms with van der Waals surface area (Å²) < 4.78 is 0. The zero-order valence-electron chi connectivity index (χ0n) is 8.78. The van der Waals surface area contributed by atoms with Gasteiger partial charge in [0.25, 0.3) is 0 Å². The smallest absolute Gasteiger partial charge is 0.111 e. The third-order valence-electron chi connectivity index (χ3n) is 2.67. The highest BCUT2D eigenvalue weighted by Crippen LogP contribution is 2.24. The van der Waals surface area contributed by atoms with E-state index in [2.05, 4.69) is 30.7 Å². The van der Waals surface area contributed by atoms with E-state index >= 15 is 0 Å². The van der Waals surface area contributed by atoms with E-state index in [1.165, 1.54) is 37.1 Å². The SMILES string of the molecule is CC(C)(C)c1nc2c([nH]1)CCCC2. The topological polar surface area (TPSA) is 28.7 Å². The maximum Gasteiger partial charge on any atom is 0.111 e. The van der Waals surface area contributed by atoms with Crippen LogP contribution in [0.15, 0.2) is 0 Å². The summed E-state index contributed by atoms with van der Waals surface area (Å²) in [6, 6.07) is 0. The number of imidazole rings is 1. The molecular formula is C11H18N2. The summed E-state index contributed by atoms with van der Waals surface area (Å²) in [5, 5.41) is 0. The Morgan fingerprint density at radius 2 is 1.85 bits per heavy atom. The number of nitrogens with one attached hydrogen (secondary N) is 1. The number of H-pyrrole nitrogens is 1. The lowest BCUT2D eigenvalue weighted by atomic mass is 9.96. The Morgan fingerprint density at radius 1 is 1.15 bits per heavy atom. The molecule has 1 aliphatic rings. The Morgan fingerprint density at radius 3 is 2.46 bits per heavy atom. The molecule has 2 nitrogen and oxygen atoms in total. The van der Waals surface area contributed by atoms with E-state index in [1.54, 1.807) is 0 Å². The van der Waals surface area contributed by atoms with E-state index in [1.807, 2.05) is 0 Å². The van der Waals surface area contributed by atoms with Gasteiger partial charge in [0.1, 0.15) is 5.82 Å². The number of hydrogen-bond acceptors (Lipinski definition) is 1. The molecule has 1 aromatic heterocycles. The molecule has 0 spiro atoms. The van der Waals surface area contributed by atoms with Gasteiger partial charge in [0.05, 0.1) is 5.69 Å². The van der Waals surface area contributed by atoms with Crippen LogP contribution in [0.25, 0.3) is 0 Å². The fraction of sp³-hybridized carbons (Fsp3) is 0.727. The standard InChI is InChI=1S/C11H18N2/c1-11(2,3)10-12-8-6-4-5-7-9(8)13-10/h4-7H2,1-3H3,(H,12,13). The third kappa shape index (κ3) is 1.62. The molecule has 1 aromatic rings. The normalized spacial score (nSPS) is 17.2. The minimum Gasteiger partial charge on any atom is -0.345 e. The Labute approximate surface area is 79.8 Å². The maximum absolute atomic E-state index is 4.67. The van der Waals surface area contributed by atoms with Crippen molar-refractivity contribution in [3.8, 4) is 0 Å². The van der Waals surface area contributed by atoms with Crippen LogP contribution >= 0.6 is 0 Å². The Balaban J connectivity index is 2.36. The molecule has 0 aliphatic heterocycles. The van der Waals surface area contributed by atoms with Crippen molar-refractivity contribution in [3.05, 3.63) is 17.2 Å². The molecule has 0 fully saturated rings. The Bertz CT molecular complexity index is 281. The minimum absolute atomic E-state index is 0.164. The van der Waals surface area contributed by atoms with Crippen LogP contribution in [0.3, 0.4) is 0 Å². The average Bonchev–Trinajstić information content (AvgIpc) is 2.45. The van der Waals surface area contributed by atoms with Crippen molar-refractivity contribution in [2.75, 3.05) is 0 Å². The summed E-state index contributed by atoms with van der Waals surface area (Å²) in [6.07, 6.45) is 4.99. The van der Waals surface area contributed by atoms with Gasteiger partial charge in [-0.15, -0.1) is 0 Å². The van der Waals surface area contributed by atoms with Crippen molar-refractivity contribution in [1.82, 2.24) is 9.97 Å². The van der Waals surface area contributed by atoms with Crippen molar-refractivity contribution >= 4 is 0 Å². The molecule has 2 rings (SSSR count). The largest absolute Gasteiger partial charge is 0.345 e. The van der Waals surface area contributed by atoms with Gasteiger partial charge in [0, 0.05) is 11.1 Å². The number of fused-ring (bicyclic) bond motifs is 1. The first-order valence-electron chi connectivity index (χ1n) is 5.15. The van der Waals surface area contributed by atoms with Gasteiger partial charge >= 0.3 is 0 Å². The van der Waals surface area contributed by atoms with Crippen molar-refractivity contribution in [3.63, 3.8) is 0 Å². The number of rotatable bonds is 0. The molecule has 0 radical (unpaired) electrons. The lowest BCUT2D eigenvalue weighted by Crippen LogP contribution is -2.13. The lowest BCUT2D eigenvalue weighted by Gasteiger charge is -2.13. The van der Waals surface area contributed by atoms with Crippen LogP contribution in [-0.4, -0.2) is 9.97 Å². The molecule has 0 saturated heterocycles. The Hall–Kier alpha value is -0.790. The van der Waals surface area contributed by atoms with Crippen LogP contribution in [0.5, 0.6) is 0 Å². The predicted molar refractivity (Wildman–Crippen MR) is 53.9 cm³/mol. The molecular weight excluding hydrogens is 160 g/mol. The third-order valence-corrected chi connectivity index (χ3v) is 2.67. The summed E-state index contributed by atoms with van der Waals surface area (Å²) in [6.45, 7) is 6.62. The minimum atomic E-state index is 0.164. The molecule has 2 heteroatoms. The highest BCUT2D eigenvalue weighted by Gasteiger charge is 2.21. The van der Waals surface area contributed by atoms with Crippen molar-refractivity contribution in [1.29, 1.82) is 0 Å². The number of nitrogens with zero attached hydrogens (tertiary/aromatic N) is 1. The first kappa shape index (κ1) is 8.79. The van der Waals surface area contributed by atoms with E-state index in [4.69, 9.17) is 0 Å². The second kappa shape index (κ2) is 2.86. The zero-order valence-corrected chi connectivity index (χ0v) is 8.78. The number of aromatic amines is 1. The molecule has 0 bridgehead atoms. The summed E-state index contributed by atoms with van der Waals surface area (Å²) in [5.74, 6) is 1.15. The molecule has 0 atom stereocenters. The average molecular weight is 178 g/mol. The van der Waals surface area contributed by atoms with Gasteiger partial charge in [0.15, 0.2) is 0 Å². The van der Waals surface area contributed by atoms with Gasteiger partial charge in [-0.2, -0.15) is 0 Å². The van der Waals surface area contributed by atoms with Crippen LogP contribution in [0.2, 0.25) is 0 Å². The quantitative estimate of drug-likeness (QED) is 0.650. The molecule has 0 unspecified atom stereocenters. The van der Waals surface area contributed by atoms with Gasteiger partial charge in [-0.1, -0.05) is 20.8 Å². The van der Waals surface area contributed by atoms with Crippen LogP contribution in [0.4, 0.5) is 0 Å². The molecule has 0 aromatic carbocycles. The van der Waals surface area contributed by atoms with Gasteiger partial charge in [-0.25, -0.2) is 4.98 Å². The van der Waals surface area contributed by atoms with Crippen molar-refractivity contribution in [2.24, 2.45) is 0 Å². The van der Waals surface area contributed by atoms with E-state index in [0.717, 1.165) is 5.82 Å². The van der Waals surface area contributed by atoms with E-state index < -0.39 is 0 Å². The summed E-state index contributed by atoms with van der Waals surface area (Å²) in [7, 11) is 0. The molecule has 0 saturated carbocycles. The summed E-state index contributed by atoms with van der Waals surface area (Å²) in [5.41, 5.74) is 2.87. The highest BCUT2D eigenvalue weighted by atomic mass is 15.0. The predicted octanol–water partition coefficient (Wildman–Crippen LogP) is 2.59. The fourth-order valence-corrected chi connectivity index (χ4v) is 1.81. The molecule has 1 N–H and O–H groups in total. The van der Waals surface area contributed by atoms with Crippen molar-refractivity contribution < 1.29 is 0 Å². The van der Waals surface area contributed by atoms with Crippen molar-refractivity contribution in [2.45, 2.75) is 51.9 Å². The van der Waals surface area contributed by atoms with Crippen LogP contribution in [0.1, 0.15) is 50.8 Å². The molecule has 72 valence electrons. The summed E-state index contributed by atoms with van der Waals surface area (Å²) in [4.78, 5) is 8.13. The van der Waals surface area contributed by atoms with Gasteiger partial charge in [0.2, 0.25) is 0 Å². The second-order valence-electron chi connectivity index (χ2n) is 4.97. The second-order valence-corrected chi connectivity index (χ2v) is 4.97. The van der Waals surface area contributed by atoms with Gasteiger partial charge in [-0.3, -0.25) is 0 Å². The highest BCUT2D eigenvalue weighted by molar-refractivity contribution is 5.20. The van der Waals surface area contributed by atoms with Gasteiger partial charge in [-0.05, 0) is 25.7 Å². The first-order valence-corrected chi connectivity index (χ1v) is 5.15. The Kier molecular flexibility index (Phi) is 1.94. The zero-order chi connectivity index (χ0) is 9.47. The van der Waals surface area contributed by atoms with Crippen LogP contribution < -0.4 is 0 Å². The monoisotopic (exact) mass is 178 g/mol. The van der Waals surface area contributed by atoms with Crippen LogP contribution in [0, 0.1) is 0 Å². The van der Waals surface area contributed by atoms with Gasteiger partial charge < -0.3 is 4.98 Å². The maximum atomic E-state index is 4.67. The van der Waals surface area contributed by atoms with E-state index in [0.29, 0.717) is 0 Å². The number of aryl methyl sites for hydroxylation is 2. The lowest BCUT2D eigenvalue weighted by molar-refractivity contribution is 0.550. The molecule has 1 heterocycles. The fourth-order valence-electron chi connectivity index (χ4n) is 1.81. The van der Waals surface area contributed by atoms with E-state index in [-0.39, 0.29) is 5.41 Å². The van der Waals surface area contributed by atoms with Crippen LogP contribution in [-0.2, 0) is 18.3 Å². The summed E-state index contributed by atoms with van der Waals surface area (Å²) >= 11 is 0. The molecule has 13 heavy (non-hydrogen) atoms. The first-order chi connectivity index (χ1) is 6.07.